The van der Waals surface area contributed by atoms with Gasteiger partial charge in [-0.2, -0.15) is 0 Å². The zero-order valence-electron chi connectivity index (χ0n) is 11.7. The summed E-state index contributed by atoms with van der Waals surface area (Å²) in [6.45, 7) is 0.978. The Hall–Kier alpha value is -2.65. The first-order valence-corrected chi connectivity index (χ1v) is 6.33. The van der Waals surface area contributed by atoms with E-state index in [9.17, 15) is 14.9 Å². The van der Waals surface area contributed by atoms with Crippen LogP contribution in [-0.2, 0) is 4.74 Å². The van der Waals surface area contributed by atoms with Crippen molar-refractivity contribution >= 4 is 23.4 Å². The number of ether oxygens (including phenoxy) is 1. The van der Waals surface area contributed by atoms with Crippen LogP contribution in [0, 0.1) is 10.1 Å². The molecular weight excluding hydrogens is 280 g/mol. The number of anilines is 2. The van der Waals surface area contributed by atoms with Crippen LogP contribution in [0.3, 0.4) is 0 Å². The van der Waals surface area contributed by atoms with E-state index in [0.717, 1.165) is 0 Å². The lowest BCUT2D eigenvalue weighted by atomic mass is 10.3. The van der Waals surface area contributed by atoms with Gasteiger partial charge in [-0.05, 0) is 6.42 Å². The number of alkyl carbamates (subject to hydrolysis) is 1. The van der Waals surface area contributed by atoms with E-state index < -0.39 is 11.0 Å². The van der Waals surface area contributed by atoms with E-state index in [2.05, 4.69) is 25.3 Å². The lowest BCUT2D eigenvalue weighted by molar-refractivity contribution is -0.383. The standard InChI is InChI=1S/C11H16N6O4/c1-12-9-8(17(19)20)10(14-6-13-9)16-4-3-7(5-16)15-11(18)21-2/h6-7H,3-5H2,1-2H3,(H,15,18)(H,12,13,14). The Kier molecular flexibility index (Phi) is 4.36. The predicted octanol–water partition coefficient (Wildman–Crippen LogP) is 0.361. The molecule has 0 bridgehead atoms. The van der Waals surface area contributed by atoms with Crippen LogP contribution >= 0.6 is 0 Å². The summed E-state index contributed by atoms with van der Waals surface area (Å²) in [5.41, 5.74) is -0.168. The summed E-state index contributed by atoms with van der Waals surface area (Å²) >= 11 is 0. The Morgan fingerprint density at radius 2 is 2.33 bits per heavy atom. The summed E-state index contributed by atoms with van der Waals surface area (Å²) in [5, 5.41) is 16.6. The molecule has 0 aliphatic carbocycles. The summed E-state index contributed by atoms with van der Waals surface area (Å²) in [6, 6.07) is -0.134. The molecule has 1 aliphatic heterocycles. The van der Waals surface area contributed by atoms with Gasteiger partial charge in [0.1, 0.15) is 6.33 Å². The van der Waals surface area contributed by atoms with Crippen LogP contribution in [0.25, 0.3) is 0 Å². The highest BCUT2D eigenvalue weighted by Crippen LogP contribution is 2.33. The molecule has 1 aromatic rings. The largest absolute Gasteiger partial charge is 0.453 e. The third-order valence-electron chi connectivity index (χ3n) is 3.22. The smallest absolute Gasteiger partial charge is 0.407 e. The van der Waals surface area contributed by atoms with Crippen LogP contribution in [-0.4, -0.2) is 54.3 Å². The molecule has 1 saturated heterocycles. The number of methoxy groups -OCH3 is 1. The molecule has 0 radical (unpaired) electrons. The van der Waals surface area contributed by atoms with Crippen molar-refractivity contribution in [3.8, 4) is 0 Å². The monoisotopic (exact) mass is 296 g/mol. The number of nitro groups is 1. The molecule has 0 aromatic carbocycles. The molecule has 0 spiro atoms. The lowest BCUT2D eigenvalue weighted by Crippen LogP contribution is -2.37. The Labute approximate surface area is 120 Å². The van der Waals surface area contributed by atoms with E-state index in [1.807, 2.05) is 0 Å². The summed E-state index contributed by atoms with van der Waals surface area (Å²) in [4.78, 5) is 31.5. The number of carbonyl (C=O) groups excluding carboxylic acids is 1. The van der Waals surface area contributed by atoms with Gasteiger partial charge < -0.3 is 20.3 Å². The van der Waals surface area contributed by atoms with Crippen LogP contribution in [0.4, 0.5) is 22.1 Å². The van der Waals surface area contributed by atoms with Gasteiger partial charge in [-0.1, -0.05) is 0 Å². The van der Waals surface area contributed by atoms with Gasteiger partial charge in [-0.15, -0.1) is 0 Å². The number of nitrogens with one attached hydrogen (secondary N) is 2. The normalized spacial score (nSPS) is 17.4. The molecule has 2 rings (SSSR count). The first-order valence-electron chi connectivity index (χ1n) is 6.33. The molecule has 114 valence electrons. The van der Waals surface area contributed by atoms with E-state index >= 15 is 0 Å². The van der Waals surface area contributed by atoms with Gasteiger partial charge in [0.15, 0.2) is 0 Å². The number of carbonyl (C=O) groups is 1. The minimum absolute atomic E-state index is 0.134. The maximum atomic E-state index is 11.2. The molecule has 21 heavy (non-hydrogen) atoms. The third-order valence-corrected chi connectivity index (χ3v) is 3.22. The highest BCUT2D eigenvalue weighted by molar-refractivity contribution is 5.71. The lowest BCUT2D eigenvalue weighted by Gasteiger charge is -2.18. The molecule has 1 aliphatic rings. The van der Waals surface area contributed by atoms with Crippen LogP contribution in [0.5, 0.6) is 0 Å². The zero-order valence-corrected chi connectivity index (χ0v) is 11.7. The molecule has 1 aromatic heterocycles. The Bertz CT molecular complexity index is 552. The molecule has 1 amide bonds. The molecule has 2 N–H and O–H groups in total. The molecule has 1 fully saturated rings. The van der Waals surface area contributed by atoms with Crippen molar-refractivity contribution in [2.45, 2.75) is 12.5 Å². The zero-order chi connectivity index (χ0) is 15.4. The predicted molar refractivity (Wildman–Crippen MR) is 74.4 cm³/mol. The van der Waals surface area contributed by atoms with Crippen LogP contribution in [0.2, 0.25) is 0 Å². The molecular formula is C11H16N6O4. The van der Waals surface area contributed by atoms with E-state index in [0.29, 0.717) is 19.5 Å². The average molecular weight is 296 g/mol. The topological polar surface area (TPSA) is 123 Å². The molecule has 0 saturated carbocycles. The SMILES string of the molecule is CNc1ncnc(N2CCC(NC(=O)OC)C2)c1[N+](=O)[O-]. The second kappa shape index (κ2) is 6.20. The highest BCUT2D eigenvalue weighted by Gasteiger charge is 2.32. The van der Waals surface area contributed by atoms with Crippen molar-refractivity contribution in [1.29, 1.82) is 0 Å². The maximum Gasteiger partial charge on any atom is 0.407 e. The number of aromatic nitrogens is 2. The van der Waals surface area contributed by atoms with Crippen LogP contribution in [0.1, 0.15) is 6.42 Å². The van der Waals surface area contributed by atoms with Crippen molar-refractivity contribution in [3.05, 3.63) is 16.4 Å². The number of hydrogen-bond acceptors (Lipinski definition) is 8. The molecule has 10 heteroatoms. The van der Waals surface area contributed by atoms with Crippen LogP contribution in [0.15, 0.2) is 6.33 Å². The fourth-order valence-electron chi connectivity index (χ4n) is 2.25. The first kappa shape index (κ1) is 14.8. The first-order chi connectivity index (χ1) is 10.1. The summed E-state index contributed by atoms with van der Waals surface area (Å²) in [7, 11) is 2.85. The average Bonchev–Trinajstić information content (AvgIpc) is 2.94. The van der Waals surface area contributed by atoms with Crippen molar-refractivity contribution in [1.82, 2.24) is 15.3 Å². The number of hydrogen-bond donors (Lipinski definition) is 2. The van der Waals surface area contributed by atoms with Gasteiger partial charge in [0, 0.05) is 20.1 Å². The number of nitrogens with zero attached hydrogens (tertiary/aromatic N) is 4. The second-order valence-corrected chi connectivity index (χ2v) is 4.47. The highest BCUT2D eigenvalue weighted by atomic mass is 16.6. The molecule has 1 unspecified atom stereocenters. The van der Waals surface area contributed by atoms with Gasteiger partial charge in [-0.25, -0.2) is 14.8 Å². The summed E-state index contributed by atoms with van der Waals surface area (Å²) in [5.74, 6) is 0.405. The summed E-state index contributed by atoms with van der Waals surface area (Å²) in [6.07, 6.45) is 1.41. The van der Waals surface area contributed by atoms with E-state index in [1.165, 1.54) is 13.4 Å². The van der Waals surface area contributed by atoms with E-state index in [-0.39, 0.29) is 23.4 Å². The minimum atomic E-state index is -0.519. The summed E-state index contributed by atoms with van der Waals surface area (Å²) < 4.78 is 4.54. The Morgan fingerprint density at radius 3 is 2.95 bits per heavy atom. The van der Waals surface area contributed by atoms with Crippen LogP contribution < -0.4 is 15.5 Å². The van der Waals surface area contributed by atoms with E-state index in [4.69, 9.17) is 0 Å². The molecule has 2 heterocycles. The van der Waals surface area contributed by atoms with Gasteiger partial charge in [0.05, 0.1) is 18.1 Å². The van der Waals surface area contributed by atoms with Crippen molar-refractivity contribution in [2.24, 2.45) is 0 Å². The molecule has 10 nitrogen and oxygen atoms in total. The van der Waals surface area contributed by atoms with Gasteiger partial charge in [0.2, 0.25) is 11.6 Å². The van der Waals surface area contributed by atoms with Gasteiger partial charge in [-0.3, -0.25) is 10.1 Å². The van der Waals surface area contributed by atoms with Crippen molar-refractivity contribution in [3.63, 3.8) is 0 Å². The quantitative estimate of drug-likeness (QED) is 0.603. The van der Waals surface area contributed by atoms with Gasteiger partial charge in [0.25, 0.3) is 0 Å². The second-order valence-electron chi connectivity index (χ2n) is 4.47. The van der Waals surface area contributed by atoms with Crippen molar-refractivity contribution in [2.75, 3.05) is 37.5 Å². The van der Waals surface area contributed by atoms with Gasteiger partial charge >= 0.3 is 11.8 Å². The Balaban J connectivity index is 2.20. The Morgan fingerprint density at radius 1 is 1.57 bits per heavy atom. The van der Waals surface area contributed by atoms with E-state index in [1.54, 1.807) is 11.9 Å². The number of amides is 1. The fraction of sp³-hybridized carbons (Fsp3) is 0.545. The molecule has 1 atom stereocenters. The maximum absolute atomic E-state index is 11.2. The minimum Gasteiger partial charge on any atom is -0.453 e. The third kappa shape index (κ3) is 3.09. The number of rotatable bonds is 4. The fourth-order valence-corrected chi connectivity index (χ4v) is 2.25. The van der Waals surface area contributed by atoms with Crippen molar-refractivity contribution < 1.29 is 14.5 Å².